The number of hydrogen-bond acceptors (Lipinski definition) is 4. The first-order valence-electron chi connectivity index (χ1n) is 6.31. The van der Waals surface area contributed by atoms with Crippen LogP contribution in [0.5, 0.6) is 0 Å². The van der Waals surface area contributed by atoms with Gasteiger partial charge in [-0.1, -0.05) is 19.4 Å². The van der Waals surface area contributed by atoms with Gasteiger partial charge in [0.15, 0.2) is 0 Å². The summed E-state index contributed by atoms with van der Waals surface area (Å²) in [5, 5.41) is 11.5. The molecule has 0 saturated heterocycles. The molecule has 0 bridgehead atoms. The van der Waals surface area contributed by atoms with E-state index in [-0.39, 0.29) is 6.54 Å². The zero-order valence-electron chi connectivity index (χ0n) is 11.1. The molecule has 19 heavy (non-hydrogen) atoms. The number of pyridine rings is 1. The molecule has 0 aliphatic carbocycles. The number of nitrogens with zero attached hydrogens (tertiary/aromatic N) is 2. The van der Waals surface area contributed by atoms with Crippen LogP contribution in [0.2, 0.25) is 0 Å². The Morgan fingerprint density at radius 2 is 2.26 bits per heavy atom. The van der Waals surface area contributed by atoms with E-state index in [0.29, 0.717) is 0 Å². The molecule has 2 aromatic heterocycles. The minimum atomic E-state index is -0.484. The molecule has 0 spiro atoms. The molecule has 0 fully saturated rings. The maximum Gasteiger partial charge on any atom is 0.262 e. The van der Waals surface area contributed by atoms with Gasteiger partial charge in [-0.15, -0.1) is 0 Å². The zero-order chi connectivity index (χ0) is 13.8. The van der Waals surface area contributed by atoms with Crippen molar-refractivity contribution in [3.05, 3.63) is 29.6 Å². The van der Waals surface area contributed by atoms with Gasteiger partial charge in [0.05, 0.1) is 12.2 Å². The molecule has 0 radical (unpaired) electrons. The molecule has 0 unspecified atom stereocenters. The topological polar surface area (TPSA) is 78.7 Å². The third-order valence-electron chi connectivity index (χ3n) is 2.95. The molecule has 0 atom stereocenters. The molecule has 0 aliphatic rings. The molecule has 2 rings (SSSR count). The molecular formula is C13H18N4O2. The number of aromatic nitrogens is 2. The Bertz CT molecular complexity index is 592. The summed E-state index contributed by atoms with van der Waals surface area (Å²) >= 11 is 0. The van der Waals surface area contributed by atoms with Crippen LogP contribution in [0.1, 0.15) is 24.7 Å². The van der Waals surface area contributed by atoms with Gasteiger partial charge < -0.3 is 5.32 Å². The highest BCUT2D eigenvalue weighted by atomic mass is 16.5. The molecule has 0 saturated carbocycles. The molecular weight excluding hydrogens is 244 g/mol. The van der Waals surface area contributed by atoms with E-state index in [1.165, 1.54) is 0 Å². The minimum Gasteiger partial charge on any atom is -0.360 e. The zero-order valence-corrected chi connectivity index (χ0v) is 11.1. The van der Waals surface area contributed by atoms with Gasteiger partial charge in [0, 0.05) is 5.69 Å². The number of hydrogen-bond donors (Lipinski definition) is 3. The second kappa shape index (κ2) is 5.71. The van der Waals surface area contributed by atoms with Crippen molar-refractivity contribution in [2.24, 2.45) is 0 Å². The number of carbonyl (C=O) groups is 1. The normalized spacial score (nSPS) is 10.7. The van der Waals surface area contributed by atoms with Crippen molar-refractivity contribution >= 4 is 17.4 Å². The van der Waals surface area contributed by atoms with E-state index in [0.717, 1.165) is 35.7 Å². The number of carbonyl (C=O) groups excluding carboxylic acids is 1. The quantitative estimate of drug-likeness (QED) is 0.564. The van der Waals surface area contributed by atoms with Crippen molar-refractivity contribution in [1.82, 2.24) is 14.9 Å². The highest BCUT2D eigenvalue weighted by Gasteiger charge is 2.12. The SMILES string of the molecule is CCCc1cccc2nc(C)c(NCC(=O)NO)n12. The van der Waals surface area contributed by atoms with E-state index < -0.39 is 5.91 Å². The molecule has 0 aliphatic heterocycles. The van der Waals surface area contributed by atoms with Crippen LogP contribution in [0.15, 0.2) is 18.2 Å². The van der Waals surface area contributed by atoms with Crippen molar-refractivity contribution in [3.8, 4) is 0 Å². The molecule has 2 aromatic rings. The Kier molecular flexibility index (Phi) is 4.01. The summed E-state index contributed by atoms with van der Waals surface area (Å²) in [7, 11) is 0. The number of hydroxylamine groups is 1. The fourth-order valence-electron chi connectivity index (χ4n) is 2.14. The monoisotopic (exact) mass is 262 g/mol. The standard InChI is InChI=1S/C13H18N4O2/c1-3-5-10-6-4-7-11-15-9(2)13(17(10)11)14-8-12(18)16-19/h4,6-7,14,19H,3,5,8H2,1-2H3,(H,16,18). The smallest absolute Gasteiger partial charge is 0.262 e. The van der Waals surface area contributed by atoms with E-state index in [4.69, 9.17) is 5.21 Å². The molecule has 6 heteroatoms. The summed E-state index contributed by atoms with van der Waals surface area (Å²) in [6, 6.07) is 5.97. The lowest BCUT2D eigenvalue weighted by atomic mass is 10.2. The van der Waals surface area contributed by atoms with Gasteiger partial charge in [0.2, 0.25) is 0 Å². The molecule has 0 aromatic carbocycles. The first kappa shape index (κ1) is 13.4. The molecule has 3 N–H and O–H groups in total. The maximum atomic E-state index is 11.1. The number of fused-ring (bicyclic) bond motifs is 1. The van der Waals surface area contributed by atoms with Crippen LogP contribution in [-0.2, 0) is 11.2 Å². The second-order valence-corrected chi connectivity index (χ2v) is 4.40. The Morgan fingerprint density at radius 3 is 2.95 bits per heavy atom. The second-order valence-electron chi connectivity index (χ2n) is 4.40. The van der Waals surface area contributed by atoms with Gasteiger partial charge in [-0.05, 0) is 25.5 Å². The largest absolute Gasteiger partial charge is 0.360 e. The van der Waals surface area contributed by atoms with Crippen LogP contribution in [0.4, 0.5) is 5.82 Å². The van der Waals surface area contributed by atoms with Gasteiger partial charge in [-0.3, -0.25) is 14.4 Å². The average molecular weight is 262 g/mol. The van der Waals surface area contributed by atoms with Crippen molar-refractivity contribution in [2.45, 2.75) is 26.7 Å². The summed E-state index contributed by atoms with van der Waals surface area (Å²) in [5.74, 6) is 0.310. The average Bonchev–Trinajstić information content (AvgIpc) is 2.73. The van der Waals surface area contributed by atoms with E-state index in [2.05, 4.69) is 23.3 Å². The first-order chi connectivity index (χ1) is 9.17. The van der Waals surface area contributed by atoms with Crippen LogP contribution in [0.3, 0.4) is 0 Å². The van der Waals surface area contributed by atoms with Crippen LogP contribution in [0, 0.1) is 6.92 Å². The third-order valence-corrected chi connectivity index (χ3v) is 2.95. The summed E-state index contributed by atoms with van der Waals surface area (Å²) < 4.78 is 2.02. The van der Waals surface area contributed by atoms with E-state index in [9.17, 15) is 4.79 Å². The maximum absolute atomic E-state index is 11.1. The fraction of sp³-hybridized carbons (Fsp3) is 0.385. The van der Waals surface area contributed by atoms with Gasteiger partial charge in [0.25, 0.3) is 5.91 Å². The lowest BCUT2D eigenvalue weighted by Crippen LogP contribution is -2.27. The summed E-state index contributed by atoms with van der Waals surface area (Å²) in [6.07, 6.45) is 1.97. The highest BCUT2D eigenvalue weighted by Crippen LogP contribution is 2.20. The number of amides is 1. The van der Waals surface area contributed by atoms with Gasteiger partial charge >= 0.3 is 0 Å². The Balaban J connectivity index is 2.40. The Morgan fingerprint density at radius 1 is 1.47 bits per heavy atom. The van der Waals surface area contributed by atoms with Crippen molar-refractivity contribution in [2.75, 3.05) is 11.9 Å². The number of imidazole rings is 1. The Labute approximate surface area is 111 Å². The van der Waals surface area contributed by atoms with Gasteiger partial charge in [-0.2, -0.15) is 0 Å². The first-order valence-corrected chi connectivity index (χ1v) is 6.31. The van der Waals surface area contributed by atoms with Crippen LogP contribution >= 0.6 is 0 Å². The summed E-state index contributed by atoms with van der Waals surface area (Å²) in [5.41, 5.74) is 4.43. The molecule has 102 valence electrons. The number of anilines is 1. The van der Waals surface area contributed by atoms with Crippen molar-refractivity contribution in [1.29, 1.82) is 0 Å². The van der Waals surface area contributed by atoms with E-state index in [1.807, 2.05) is 23.5 Å². The van der Waals surface area contributed by atoms with Gasteiger partial charge in [0.1, 0.15) is 11.5 Å². The van der Waals surface area contributed by atoms with E-state index >= 15 is 0 Å². The van der Waals surface area contributed by atoms with Crippen LogP contribution in [0.25, 0.3) is 5.65 Å². The summed E-state index contributed by atoms with van der Waals surface area (Å²) in [6.45, 7) is 4.02. The van der Waals surface area contributed by atoms with Crippen LogP contribution in [-0.4, -0.2) is 27.0 Å². The fourth-order valence-corrected chi connectivity index (χ4v) is 2.14. The lowest BCUT2D eigenvalue weighted by Gasteiger charge is -2.10. The number of nitrogens with one attached hydrogen (secondary N) is 2. The Hall–Kier alpha value is -2.08. The highest BCUT2D eigenvalue weighted by molar-refractivity contribution is 5.79. The molecule has 1 amide bonds. The summed E-state index contributed by atoms with van der Waals surface area (Å²) in [4.78, 5) is 15.6. The van der Waals surface area contributed by atoms with Crippen molar-refractivity contribution in [3.63, 3.8) is 0 Å². The predicted octanol–water partition coefficient (Wildman–Crippen LogP) is 1.51. The number of aryl methyl sites for hydroxylation is 2. The lowest BCUT2D eigenvalue weighted by molar-refractivity contribution is -0.127. The van der Waals surface area contributed by atoms with Gasteiger partial charge in [-0.25, -0.2) is 10.5 Å². The predicted molar refractivity (Wildman–Crippen MR) is 72.3 cm³/mol. The number of rotatable bonds is 5. The van der Waals surface area contributed by atoms with E-state index in [1.54, 1.807) is 5.48 Å². The molecule has 2 heterocycles. The van der Waals surface area contributed by atoms with Crippen molar-refractivity contribution < 1.29 is 10.0 Å². The van der Waals surface area contributed by atoms with Crippen LogP contribution < -0.4 is 10.8 Å². The minimum absolute atomic E-state index is 0.00555. The third kappa shape index (κ3) is 2.68. The molecule has 6 nitrogen and oxygen atoms in total.